The van der Waals surface area contributed by atoms with Crippen molar-refractivity contribution >= 4 is 53.3 Å². The lowest BCUT2D eigenvalue weighted by Crippen LogP contribution is -2.02. The Bertz CT molecular complexity index is 3200. The Hall–Kier alpha value is -7.28. The maximum absolute atomic E-state index is 5.24. The van der Waals surface area contributed by atoms with E-state index in [2.05, 4.69) is 167 Å². The highest BCUT2D eigenvalue weighted by atomic mass is 32.1. The Morgan fingerprint density at radius 1 is 0.393 bits per heavy atom. The van der Waals surface area contributed by atoms with Crippen molar-refractivity contribution in [3.8, 4) is 62.1 Å². The Morgan fingerprint density at radius 2 is 1.00 bits per heavy atom. The summed E-state index contributed by atoms with van der Waals surface area (Å²) in [6, 6.07) is 61.7. The van der Waals surface area contributed by atoms with Gasteiger partial charge in [-0.05, 0) is 47.0 Å². The number of benzene rings is 7. The molecule has 0 saturated carbocycles. The molecule has 0 saturated heterocycles. The average Bonchev–Trinajstić information content (AvgIpc) is 3.83. The Kier molecular flexibility index (Phi) is 7.60. The van der Waals surface area contributed by atoms with Gasteiger partial charge in [0.2, 0.25) is 0 Å². The standard InChI is InChI=1S/C50H31N5S/c1-3-13-32(14-4-1)37-26-25-36(30-45(37)55-43-23-9-7-19-39(43)42-31-51-28-27-44(42)55)50-53-48(33-15-5-2-6-16-33)52-49(54-50)35-18-11-17-34(29-35)38-21-12-22-41-40-20-8-10-24-46(40)56-47(38)41/h1-31H. The zero-order valence-electron chi connectivity index (χ0n) is 30.0. The van der Waals surface area contributed by atoms with Gasteiger partial charge in [-0.15, -0.1) is 11.3 Å². The lowest BCUT2D eigenvalue weighted by Gasteiger charge is -2.16. The topological polar surface area (TPSA) is 56.5 Å². The second-order valence-corrected chi connectivity index (χ2v) is 14.9. The van der Waals surface area contributed by atoms with Gasteiger partial charge in [0.15, 0.2) is 17.5 Å². The number of fused-ring (bicyclic) bond motifs is 6. The molecule has 262 valence electrons. The Balaban J connectivity index is 1.12. The third-order valence-electron chi connectivity index (χ3n) is 10.6. The summed E-state index contributed by atoms with van der Waals surface area (Å²) in [5.74, 6) is 1.85. The molecule has 11 rings (SSSR count). The van der Waals surface area contributed by atoms with Gasteiger partial charge in [-0.3, -0.25) is 4.98 Å². The fourth-order valence-corrected chi connectivity index (χ4v) is 9.18. The molecular formula is C50H31N5S. The van der Waals surface area contributed by atoms with Crippen LogP contribution in [-0.4, -0.2) is 24.5 Å². The molecule has 4 aromatic heterocycles. The Labute approximate surface area is 326 Å². The van der Waals surface area contributed by atoms with E-state index in [1.807, 2.05) is 41.9 Å². The first kappa shape index (κ1) is 32.2. The van der Waals surface area contributed by atoms with Gasteiger partial charge in [-0.1, -0.05) is 146 Å². The van der Waals surface area contributed by atoms with Crippen molar-refractivity contribution in [2.45, 2.75) is 0 Å². The fraction of sp³-hybridized carbons (Fsp3) is 0. The number of pyridine rings is 1. The summed E-state index contributed by atoms with van der Waals surface area (Å²) < 4.78 is 4.91. The normalized spacial score (nSPS) is 11.6. The minimum atomic E-state index is 0.606. The van der Waals surface area contributed by atoms with Gasteiger partial charge in [0.1, 0.15) is 0 Å². The molecule has 7 aromatic carbocycles. The molecule has 0 bridgehead atoms. The SMILES string of the molecule is c1ccc(-c2nc(-c3cccc(-c4cccc5c4sc4ccccc45)c3)nc(-c3ccc(-c4ccccc4)c(-n4c5ccccc5c5cnccc54)c3)n2)cc1. The van der Waals surface area contributed by atoms with Crippen LogP contribution in [0.2, 0.25) is 0 Å². The molecule has 4 heterocycles. The van der Waals surface area contributed by atoms with Gasteiger partial charge >= 0.3 is 0 Å². The molecule has 0 amide bonds. The van der Waals surface area contributed by atoms with Crippen molar-refractivity contribution in [3.05, 3.63) is 188 Å². The van der Waals surface area contributed by atoms with Crippen molar-refractivity contribution in [1.82, 2.24) is 24.5 Å². The minimum Gasteiger partial charge on any atom is -0.308 e. The molecule has 5 nitrogen and oxygen atoms in total. The number of rotatable bonds is 6. The molecule has 0 aliphatic heterocycles. The summed E-state index contributed by atoms with van der Waals surface area (Å²) in [5, 5.41) is 4.82. The van der Waals surface area contributed by atoms with Crippen LogP contribution in [0.25, 0.3) is 104 Å². The molecule has 6 heteroatoms. The first-order chi connectivity index (χ1) is 27.8. The molecule has 11 aromatic rings. The third-order valence-corrected chi connectivity index (χ3v) is 11.8. The van der Waals surface area contributed by atoms with E-state index in [0.717, 1.165) is 60.9 Å². The zero-order valence-corrected chi connectivity index (χ0v) is 30.9. The largest absolute Gasteiger partial charge is 0.308 e. The molecule has 0 spiro atoms. The predicted octanol–water partition coefficient (Wildman–Crippen LogP) is 13.1. The summed E-state index contributed by atoms with van der Waals surface area (Å²) in [4.78, 5) is 20.0. The fourth-order valence-electron chi connectivity index (χ4n) is 7.94. The predicted molar refractivity (Wildman–Crippen MR) is 232 cm³/mol. The second kappa shape index (κ2) is 13.2. The number of para-hydroxylation sites is 1. The van der Waals surface area contributed by atoms with Crippen molar-refractivity contribution in [1.29, 1.82) is 0 Å². The molecule has 0 fully saturated rings. The van der Waals surface area contributed by atoms with Crippen molar-refractivity contribution in [2.75, 3.05) is 0 Å². The average molecular weight is 734 g/mol. The Morgan fingerprint density at radius 3 is 1.82 bits per heavy atom. The maximum atomic E-state index is 5.24. The third kappa shape index (κ3) is 5.38. The van der Waals surface area contributed by atoms with Crippen molar-refractivity contribution in [2.24, 2.45) is 0 Å². The van der Waals surface area contributed by atoms with Gasteiger partial charge in [0.05, 0.1) is 16.7 Å². The van der Waals surface area contributed by atoms with Crippen LogP contribution in [0.15, 0.2) is 188 Å². The van der Waals surface area contributed by atoms with E-state index in [1.54, 1.807) is 0 Å². The van der Waals surface area contributed by atoms with Gasteiger partial charge in [0.25, 0.3) is 0 Å². The molecule has 0 unspecified atom stereocenters. The number of hydrogen-bond donors (Lipinski definition) is 0. The monoisotopic (exact) mass is 733 g/mol. The minimum absolute atomic E-state index is 0.606. The van der Waals surface area contributed by atoms with E-state index in [9.17, 15) is 0 Å². The van der Waals surface area contributed by atoms with Crippen LogP contribution in [0, 0.1) is 0 Å². The lowest BCUT2D eigenvalue weighted by molar-refractivity contribution is 1.07. The first-order valence-corrected chi connectivity index (χ1v) is 19.4. The van der Waals surface area contributed by atoms with E-state index in [0.29, 0.717) is 17.5 Å². The summed E-state index contributed by atoms with van der Waals surface area (Å²) in [7, 11) is 0. The number of aromatic nitrogens is 5. The van der Waals surface area contributed by atoms with Gasteiger partial charge in [-0.2, -0.15) is 0 Å². The van der Waals surface area contributed by atoms with E-state index < -0.39 is 0 Å². The van der Waals surface area contributed by atoms with Gasteiger partial charge in [0, 0.05) is 65.6 Å². The van der Waals surface area contributed by atoms with E-state index >= 15 is 0 Å². The molecular weight excluding hydrogens is 703 g/mol. The quantitative estimate of drug-likeness (QED) is 0.171. The number of nitrogens with zero attached hydrogens (tertiary/aromatic N) is 5. The zero-order chi connectivity index (χ0) is 37.0. The van der Waals surface area contributed by atoms with Crippen molar-refractivity contribution < 1.29 is 0 Å². The van der Waals surface area contributed by atoms with Crippen LogP contribution in [0.4, 0.5) is 0 Å². The summed E-state index contributed by atoms with van der Waals surface area (Å²) >= 11 is 1.84. The summed E-state index contributed by atoms with van der Waals surface area (Å²) in [5.41, 5.74) is 10.5. The first-order valence-electron chi connectivity index (χ1n) is 18.6. The van der Waals surface area contributed by atoms with Crippen LogP contribution < -0.4 is 0 Å². The lowest BCUT2D eigenvalue weighted by atomic mass is 10.00. The summed E-state index contributed by atoms with van der Waals surface area (Å²) in [6.07, 6.45) is 3.82. The van der Waals surface area contributed by atoms with Gasteiger partial charge < -0.3 is 4.57 Å². The molecule has 0 atom stereocenters. The van der Waals surface area contributed by atoms with Crippen molar-refractivity contribution in [3.63, 3.8) is 0 Å². The highest BCUT2D eigenvalue weighted by Gasteiger charge is 2.19. The smallest absolute Gasteiger partial charge is 0.164 e. The van der Waals surface area contributed by atoms with Crippen LogP contribution in [0.1, 0.15) is 0 Å². The second-order valence-electron chi connectivity index (χ2n) is 13.9. The van der Waals surface area contributed by atoms with Crippen LogP contribution >= 0.6 is 11.3 Å². The molecule has 56 heavy (non-hydrogen) atoms. The van der Waals surface area contributed by atoms with Crippen LogP contribution in [-0.2, 0) is 0 Å². The van der Waals surface area contributed by atoms with Crippen LogP contribution in [0.3, 0.4) is 0 Å². The maximum Gasteiger partial charge on any atom is 0.164 e. The van der Waals surface area contributed by atoms with Gasteiger partial charge in [-0.25, -0.2) is 15.0 Å². The summed E-state index contributed by atoms with van der Waals surface area (Å²) in [6.45, 7) is 0. The molecule has 0 N–H and O–H groups in total. The van der Waals surface area contributed by atoms with E-state index in [1.165, 1.54) is 25.7 Å². The highest BCUT2D eigenvalue weighted by molar-refractivity contribution is 7.26. The van der Waals surface area contributed by atoms with E-state index in [4.69, 9.17) is 15.0 Å². The highest BCUT2D eigenvalue weighted by Crippen LogP contribution is 2.41. The molecule has 0 aliphatic carbocycles. The molecule has 0 aliphatic rings. The number of thiophene rings is 1. The molecule has 0 radical (unpaired) electrons. The number of hydrogen-bond acceptors (Lipinski definition) is 5. The van der Waals surface area contributed by atoms with E-state index in [-0.39, 0.29) is 0 Å². The van der Waals surface area contributed by atoms with Crippen LogP contribution in [0.5, 0.6) is 0 Å².